The maximum Gasteiger partial charge on any atom is 0.303 e. The highest BCUT2D eigenvalue weighted by molar-refractivity contribution is 5.67. The number of fused-ring (bicyclic) bond motifs is 6. The van der Waals surface area contributed by atoms with E-state index in [-0.39, 0.29) is 76.0 Å². The van der Waals surface area contributed by atoms with Gasteiger partial charge in [0.2, 0.25) is 0 Å². The van der Waals surface area contributed by atoms with Crippen LogP contribution in [0.25, 0.3) is 0 Å². The zero-order valence-electron chi connectivity index (χ0n) is 44.4. The third kappa shape index (κ3) is 15.8. The lowest BCUT2D eigenvalue weighted by atomic mass is 9.69. The van der Waals surface area contributed by atoms with Crippen molar-refractivity contribution >= 4 is 11.9 Å². The van der Waals surface area contributed by atoms with Gasteiger partial charge in [-0.15, -0.1) is 0 Å². The van der Waals surface area contributed by atoms with Crippen LogP contribution in [0.3, 0.4) is 0 Å². The fourth-order valence-corrected chi connectivity index (χ4v) is 12.0. The summed E-state index contributed by atoms with van der Waals surface area (Å²) in [4.78, 5) is 25.0. The lowest BCUT2D eigenvalue weighted by molar-refractivity contribution is -0.140. The van der Waals surface area contributed by atoms with Gasteiger partial charge in [-0.1, -0.05) is 99.2 Å². The molecule has 0 unspecified atom stereocenters. The number of phenolic OH excluding ortho intramolecular Hbond substituents is 1. The molecule has 0 saturated carbocycles. The van der Waals surface area contributed by atoms with Gasteiger partial charge in [0.25, 0.3) is 0 Å². The molecule has 0 spiro atoms. The van der Waals surface area contributed by atoms with Crippen LogP contribution in [0.4, 0.5) is 0 Å². The number of carboxylic acids is 2. The van der Waals surface area contributed by atoms with Gasteiger partial charge < -0.3 is 61.7 Å². The number of nitrogens with one attached hydrogen (secondary N) is 2. The number of aromatic hydroxyl groups is 1. The number of rotatable bonds is 18. The summed E-state index contributed by atoms with van der Waals surface area (Å²) in [5.74, 6) is 3.76. The standard InChI is InChI=1S/C61H84N2O12/c1-5-7-13-53(67)54(68)27-21-43-20-19-42-11-8-10-41(6-2)48(42)12-9-30-61(60(4,75)35-39-16-23-46(65)24-17-39)36-40-15-18-45(44(31-40)22-29-57(71)72)32-56(70)49-25-14-38(3)62-59(51(49)34-58(73)74)55(69)28-26-52(63-61)50(43)33-47(66)37-64/h8,10-11,15-18,21,23-24,27,31,38,47,49,51-56,59,62-70,75H,5-7,13-14,19-20,22,25-26,28-30,32-37H2,1-4H3,(H,71,72)(H,73,74)/b27-21+,50-43+/t38-,47-,49+,51-,52+,53-,54+,55+,56+,59+,60-,61+/m0/s1. The molecule has 1 saturated heterocycles. The van der Waals surface area contributed by atoms with Gasteiger partial charge in [-0.05, 0) is 159 Å². The number of aliphatic carboxylic acids is 2. The minimum absolute atomic E-state index is 0.0347. The van der Waals surface area contributed by atoms with Gasteiger partial charge in [0, 0.05) is 43.0 Å². The molecule has 3 aromatic carbocycles. The molecular formula is C61H84N2O12. The van der Waals surface area contributed by atoms with E-state index in [0.717, 1.165) is 28.7 Å². The predicted molar refractivity (Wildman–Crippen MR) is 289 cm³/mol. The summed E-state index contributed by atoms with van der Waals surface area (Å²) in [5.41, 5.74) is 3.82. The molecular weight excluding hydrogens is 953 g/mol. The Hall–Kier alpha value is -4.92. The molecule has 0 amide bonds. The molecule has 0 aliphatic carbocycles. The second kappa shape index (κ2) is 27.4. The molecule has 12 atom stereocenters. The van der Waals surface area contributed by atoms with Crippen LogP contribution in [0, 0.1) is 23.7 Å². The van der Waals surface area contributed by atoms with Gasteiger partial charge in [-0.25, -0.2) is 0 Å². The summed E-state index contributed by atoms with van der Waals surface area (Å²) in [6, 6.07) is 16.6. The Morgan fingerprint density at radius 3 is 2.37 bits per heavy atom. The van der Waals surface area contributed by atoms with E-state index in [1.165, 1.54) is 0 Å². The van der Waals surface area contributed by atoms with E-state index >= 15 is 0 Å². The number of phenols is 1. The third-order valence-corrected chi connectivity index (χ3v) is 16.4. The maximum absolute atomic E-state index is 13.6. The number of aryl methyl sites for hydroxylation is 3. The number of unbranched alkanes of at least 4 members (excludes halogenated alkanes) is 1. The molecule has 14 nitrogen and oxygen atoms in total. The molecule has 3 aromatic rings. The van der Waals surface area contributed by atoms with Crippen molar-refractivity contribution in [2.24, 2.45) is 11.8 Å². The smallest absolute Gasteiger partial charge is 0.303 e. The largest absolute Gasteiger partial charge is 0.508 e. The van der Waals surface area contributed by atoms with Crippen LogP contribution in [0.5, 0.6) is 5.75 Å². The first-order valence-corrected chi connectivity index (χ1v) is 27.4. The number of benzene rings is 3. The summed E-state index contributed by atoms with van der Waals surface area (Å²) in [7, 11) is 0. The highest BCUT2D eigenvalue weighted by Crippen LogP contribution is 2.40. The molecule has 6 bridgehead atoms. The summed E-state index contributed by atoms with van der Waals surface area (Å²) in [5, 5.41) is 122. The van der Waals surface area contributed by atoms with Crippen molar-refractivity contribution in [1.29, 1.82) is 0 Å². The zero-order chi connectivity index (χ0) is 54.5. The van der Waals surface area contributed by atoms with E-state index in [1.54, 1.807) is 43.3 Å². The Labute approximate surface area is 443 Å². The SMILES string of the molecule is CCCC[C@H](O)[C@H](O)/C=C/C1=C(\C[C@H](O)CO)[C@H]2CC[C@@H](O)[C@@H]3N[C@@H](C)CC[C@H]([C@@H]3CC(=O)O)[C@H](O)Cc3ccc(cc3CCC(=O)O)C[C@@]([C@@](C)(O)Cc3ccc(O)cc3)(CC#Cc3c(CC)cccc3CC1)N2. The third-order valence-electron chi connectivity index (χ3n) is 16.4. The normalized spacial score (nSPS) is 27.8. The van der Waals surface area contributed by atoms with E-state index < -0.39 is 84.1 Å². The molecule has 12 N–H and O–H groups in total. The fraction of sp³-hybridized carbons (Fsp3) is 0.574. The minimum Gasteiger partial charge on any atom is -0.508 e. The number of aliphatic hydroxyl groups excluding tert-OH is 6. The van der Waals surface area contributed by atoms with Crippen LogP contribution >= 0.6 is 0 Å². The lowest BCUT2D eigenvalue weighted by Gasteiger charge is -2.49. The summed E-state index contributed by atoms with van der Waals surface area (Å²) in [6.45, 7) is 7.18. The Morgan fingerprint density at radius 1 is 0.920 bits per heavy atom. The van der Waals surface area contributed by atoms with Crippen LogP contribution in [0.15, 0.2) is 84.0 Å². The Balaban J connectivity index is 1.71. The van der Waals surface area contributed by atoms with Crippen molar-refractivity contribution in [1.82, 2.24) is 10.6 Å². The number of carboxylic acid groups (broad SMARTS) is 2. The average Bonchev–Trinajstić information content (AvgIpc) is 3.53. The molecule has 4 aliphatic heterocycles. The van der Waals surface area contributed by atoms with Gasteiger partial charge in [0.1, 0.15) is 5.75 Å². The lowest BCUT2D eigenvalue weighted by Crippen LogP contribution is -2.66. The van der Waals surface area contributed by atoms with E-state index in [0.29, 0.717) is 72.8 Å². The first-order chi connectivity index (χ1) is 35.8. The monoisotopic (exact) mass is 1040 g/mol. The van der Waals surface area contributed by atoms with Crippen molar-refractivity contribution in [3.8, 4) is 17.6 Å². The second-order valence-electron chi connectivity index (χ2n) is 22.0. The molecule has 4 aliphatic rings. The average molecular weight is 1040 g/mol. The summed E-state index contributed by atoms with van der Waals surface area (Å²) < 4.78 is 0. The second-order valence-corrected chi connectivity index (χ2v) is 22.0. The van der Waals surface area contributed by atoms with Crippen molar-refractivity contribution in [2.75, 3.05) is 6.61 Å². The van der Waals surface area contributed by atoms with Gasteiger partial charge in [-0.2, -0.15) is 0 Å². The molecule has 7 rings (SSSR count). The highest BCUT2D eigenvalue weighted by atomic mass is 16.4. The number of allylic oxidation sites excluding steroid dienone is 2. The first kappa shape index (κ1) is 59.3. The quantitative estimate of drug-likeness (QED) is 0.0652. The topological polar surface area (TPSA) is 260 Å². The number of hydrogen-bond donors (Lipinski definition) is 12. The van der Waals surface area contributed by atoms with Crippen LogP contribution in [0.2, 0.25) is 0 Å². The number of aliphatic hydroxyl groups is 7. The van der Waals surface area contributed by atoms with Crippen LogP contribution < -0.4 is 10.6 Å². The zero-order valence-corrected chi connectivity index (χ0v) is 44.4. The minimum atomic E-state index is -1.71. The van der Waals surface area contributed by atoms with E-state index in [9.17, 15) is 60.7 Å². The molecule has 75 heavy (non-hydrogen) atoms. The first-order valence-electron chi connectivity index (χ1n) is 27.4. The molecule has 0 aromatic heterocycles. The van der Waals surface area contributed by atoms with Crippen molar-refractivity contribution in [3.63, 3.8) is 0 Å². The van der Waals surface area contributed by atoms with E-state index in [2.05, 4.69) is 29.4 Å². The van der Waals surface area contributed by atoms with Crippen molar-refractivity contribution < 1.29 is 60.7 Å². The molecule has 410 valence electrons. The van der Waals surface area contributed by atoms with Gasteiger partial charge in [0.05, 0.1) is 54.7 Å². The summed E-state index contributed by atoms with van der Waals surface area (Å²) >= 11 is 0. The van der Waals surface area contributed by atoms with Crippen molar-refractivity contribution in [2.45, 2.75) is 203 Å². The molecule has 1 fully saturated rings. The number of carbonyl (C=O) groups is 2. The van der Waals surface area contributed by atoms with Gasteiger partial charge in [-0.3, -0.25) is 9.59 Å². The fourth-order valence-electron chi connectivity index (χ4n) is 12.0. The summed E-state index contributed by atoms with van der Waals surface area (Å²) in [6.07, 6.45) is 2.11. The van der Waals surface area contributed by atoms with Gasteiger partial charge >= 0.3 is 11.9 Å². The van der Waals surface area contributed by atoms with Crippen LogP contribution in [-0.4, -0.2) is 129 Å². The van der Waals surface area contributed by atoms with E-state index in [1.807, 2.05) is 50.2 Å². The van der Waals surface area contributed by atoms with Crippen LogP contribution in [-0.2, 0) is 48.1 Å². The van der Waals surface area contributed by atoms with E-state index in [4.69, 9.17) is 0 Å². The molecule has 0 radical (unpaired) electrons. The maximum atomic E-state index is 13.6. The van der Waals surface area contributed by atoms with Gasteiger partial charge in [0.15, 0.2) is 0 Å². The molecule has 4 heterocycles. The van der Waals surface area contributed by atoms with Crippen molar-refractivity contribution in [3.05, 3.63) is 123 Å². The Kier molecular flexibility index (Phi) is 21.7. The highest BCUT2D eigenvalue weighted by Gasteiger charge is 2.49. The Morgan fingerprint density at radius 2 is 1.68 bits per heavy atom. The predicted octanol–water partition coefficient (Wildman–Crippen LogP) is 6.01. The molecule has 14 heteroatoms. The number of hydrogen-bond acceptors (Lipinski definition) is 12. The Bertz CT molecular complexity index is 2490. The van der Waals surface area contributed by atoms with Crippen LogP contribution in [0.1, 0.15) is 144 Å².